The molecule has 5 aromatic rings. The highest BCUT2D eigenvalue weighted by atomic mass is 79.9. The molecule has 0 unspecified atom stereocenters. The first-order chi connectivity index (χ1) is 21.2. The van der Waals surface area contributed by atoms with Gasteiger partial charge in [0.2, 0.25) is 0 Å². The average molecular weight is 719 g/mol. The summed E-state index contributed by atoms with van der Waals surface area (Å²) in [6.07, 6.45) is 1.63. The van der Waals surface area contributed by atoms with Gasteiger partial charge in [-0.05, 0) is 101 Å². The molecule has 226 valence electrons. The molecular weight excluding hydrogens is 686 g/mol. The molecule has 44 heavy (non-hydrogen) atoms. The molecule has 0 aliphatic heterocycles. The van der Waals surface area contributed by atoms with E-state index >= 15 is 0 Å². The number of rotatable bonds is 10. The molecule has 9 heteroatoms. The molecule has 0 bridgehead atoms. The molecule has 0 fully saturated rings. The number of ether oxygens (including phenoxy) is 3. The van der Waals surface area contributed by atoms with Crippen LogP contribution in [0.4, 0.5) is 0 Å². The second-order valence-electron chi connectivity index (χ2n) is 10.5. The quantitative estimate of drug-likeness (QED) is 0.135. The molecule has 0 aliphatic carbocycles. The van der Waals surface area contributed by atoms with E-state index in [4.69, 9.17) is 24.3 Å². The van der Waals surface area contributed by atoms with Crippen molar-refractivity contribution >= 4 is 49.0 Å². The van der Waals surface area contributed by atoms with Crippen LogP contribution in [0.15, 0.2) is 91.6 Å². The highest BCUT2D eigenvalue weighted by molar-refractivity contribution is 9.10. The first kappa shape index (κ1) is 31.5. The van der Waals surface area contributed by atoms with Crippen molar-refractivity contribution in [1.82, 2.24) is 9.66 Å². The normalized spacial score (nSPS) is 11.5. The molecule has 0 saturated heterocycles. The first-order valence-corrected chi connectivity index (χ1v) is 15.9. The molecule has 0 N–H and O–H groups in total. The summed E-state index contributed by atoms with van der Waals surface area (Å²) in [4.78, 5) is 18.8. The lowest BCUT2D eigenvalue weighted by Crippen LogP contribution is -2.21. The highest BCUT2D eigenvalue weighted by Gasteiger charge is 2.19. The van der Waals surface area contributed by atoms with E-state index in [0.717, 1.165) is 36.9 Å². The van der Waals surface area contributed by atoms with Crippen molar-refractivity contribution in [1.29, 1.82) is 0 Å². The molecule has 0 atom stereocenters. The SMILES string of the molecule is CCOc1cc(C=Nn2c(-c3cc(C(C)C)c(OC)cc3C)nc3ccccc3c2=O)c(Br)cc1OCc1ccc(Br)cc1. The Kier molecular flexibility index (Phi) is 9.86. The van der Waals surface area contributed by atoms with E-state index in [1.165, 1.54) is 4.68 Å². The summed E-state index contributed by atoms with van der Waals surface area (Å²) in [6, 6.07) is 23.0. The fourth-order valence-electron chi connectivity index (χ4n) is 4.86. The number of benzene rings is 4. The van der Waals surface area contributed by atoms with E-state index in [1.807, 2.05) is 80.6 Å². The molecule has 0 amide bonds. The Balaban J connectivity index is 1.59. The maximum Gasteiger partial charge on any atom is 0.282 e. The summed E-state index contributed by atoms with van der Waals surface area (Å²) in [7, 11) is 1.67. The molecule has 0 saturated carbocycles. The van der Waals surface area contributed by atoms with Gasteiger partial charge in [-0.25, -0.2) is 4.98 Å². The van der Waals surface area contributed by atoms with Gasteiger partial charge in [-0.1, -0.05) is 54.0 Å². The third-order valence-corrected chi connectivity index (χ3v) is 8.39. The van der Waals surface area contributed by atoms with Crippen molar-refractivity contribution in [3.63, 3.8) is 0 Å². The Labute approximate surface area is 273 Å². The van der Waals surface area contributed by atoms with Crippen LogP contribution in [0, 0.1) is 6.92 Å². The molecule has 4 aromatic carbocycles. The largest absolute Gasteiger partial charge is 0.496 e. The van der Waals surface area contributed by atoms with E-state index in [2.05, 4.69) is 45.7 Å². The van der Waals surface area contributed by atoms with E-state index in [9.17, 15) is 4.79 Å². The zero-order chi connectivity index (χ0) is 31.4. The van der Waals surface area contributed by atoms with Crippen LogP contribution >= 0.6 is 31.9 Å². The molecule has 0 spiro atoms. The van der Waals surface area contributed by atoms with Crippen molar-refractivity contribution in [2.75, 3.05) is 13.7 Å². The minimum atomic E-state index is -0.265. The smallest absolute Gasteiger partial charge is 0.282 e. The van der Waals surface area contributed by atoms with E-state index < -0.39 is 0 Å². The van der Waals surface area contributed by atoms with Gasteiger partial charge >= 0.3 is 0 Å². The summed E-state index contributed by atoms with van der Waals surface area (Å²) in [5.41, 5.74) is 4.83. The van der Waals surface area contributed by atoms with Crippen molar-refractivity contribution in [3.8, 4) is 28.6 Å². The van der Waals surface area contributed by atoms with Gasteiger partial charge in [-0.3, -0.25) is 4.79 Å². The number of aromatic nitrogens is 2. The number of hydrogen-bond donors (Lipinski definition) is 0. The summed E-state index contributed by atoms with van der Waals surface area (Å²) in [5.74, 6) is 2.62. The van der Waals surface area contributed by atoms with Crippen LogP contribution < -0.4 is 19.8 Å². The second kappa shape index (κ2) is 13.8. The Bertz CT molecular complexity index is 1900. The maximum atomic E-state index is 13.9. The lowest BCUT2D eigenvalue weighted by molar-refractivity contribution is 0.269. The zero-order valence-corrected chi connectivity index (χ0v) is 28.4. The molecule has 0 radical (unpaired) electrons. The average Bonchev–Trinajstić information content (AvgIpc) is 3.01. The van der Waals surface area contributed by atoms with E-state index in [0.29, 0.717) is 47.0 Å². The van der Waals surface area contributed by atoms with Gasteiger partial charge in [-0.15, -0.1) is 0 Å². The van der Waals surface area contributed by atoms with Crippen molar-refractivity contribution < 1.29 is 14.2 Å². The second-order valence-corrected chi connectivity index (χ2v) is 12.3. The Morgan fingerprint density at radius 3 is 2.39 bits per heavy atom. The van der Waals surface area contributed by atoms with Crippen LogP contribution in [0.25, 0.3) is 22.3 Å². The summed E-state index contributed by atoms with van der Waals surface area (Å²) >= 11 is 7.13. The number of halogens is 2. The molecule has 7 nitrogen and oxygen atoms in total. The van der Waals surface area contributed by atoms with Crippen LogP contribution in [0.1, 0.15) is 48.9 Å². The number of fused-ring (bicyclic) bond motifs is 1. The number of para-hydroxylation sites is 1. The van der Waals surface area contributed by atoms with Crippen LogP contribution in [-0.4, -0.2) is 29.6 Å². The van der Waals surface area contributed by atoms with Gasteiger partial charge in [0.25, 0.3) is 5.56 Å². The summed E-state index contributed by atoms with van der Waals surface area (Å²) in [6.45, 7) is 8.96. The predicted molar refractivity (Wildman–Crippen MR) is 184 cm³/mol. The van der Waals surface area contributed by atoms with Crippen molar-refractivity contribution in [2.24, 2.45) is 5.10 Å². The molecule has 1 heterocycles. The number of nitrogens with zero attached hydrogens (tertiary/aromatic N) is 3. The lowest BCUT2D eigenvalue weighted by Gasteiger charge is -2.17. The van der Waals surface area contributed by atoms with E-state index in [1.54, 1.807) is 19.4 Å². The van der Waals surface area contributed by atoms with E-state index in [-0.39, 0.29) is 11.5 Å². The van der Waals surface area contributed by atoms with Gasteiger partial charge in [0.15, 0.2) is 17.3 Å². The van der Waals surface area contributed by atoms with Gasteiger partial charge in [0.1, 0.15) is 12.4 Å². The van der Waals surface area contributed by atoms with Crippen LogP contribution in [0.5, 0.6) is 17.2 Å². The Hall–Kier alpha value is -3.95. The lowest BCUT2D eigenvalue weighted by atomic mass is 9.96. The maximum absolute atomic E-state index is 13.9. The fourth-order valence-corrected chi connectivity index (χ4v) is 5.55. The monoisotopic (exact) mass is 717 g/mol. The number of hydrogen-bond acceptors (Lipinski definition) is 6. The Morgan fingerprint density at radius 2 is 1.68 bits per heavy atom. The third kappa shape index (κ3) is 6.74. The van der Waals surface area contributed by atoms with Gasteiger partial charge < -0.3 is 14.2 Å². The number of methoxy groups -OCH3 is 1. The molecule has 5 rings (SSSR count). The van der Waals surface area contributed by atoms with Crippen LogP contribution in [0.2, 0.25) is 0 Å². The van der Waals surface area contributed by atoms with Gasteiger partial charge in [-0.2, -0.15) is 9.78 Å². The topological polar surface area (TPSA) is 74.9 Å². The predicted octanol–water partition coefficient (Wildman–Crippen LogP) is 8.89. The highest BCUT2D eigenvalue weighted by Crippen LogP contribution is 2.35. The molecule has 1 aromatic heterocycles. The number of aryl methyl sites for hydroxylation is 1. The third-order valence-electron chi connectivity index (χ3n) is 7.18. The first-order valence-electron chi connectivity index (χ1n) is 14.3. The molecule has 0 aliphatic rings. The zero-order valence-electron chi connectivity index (χ0n) is 25.2. The minimum Gasteiger partial charge on any atom is -0.496 e. The van der Waals surface area contributed by atoms with Gasteiger partial charge in [0, 0.05) is 20.1 Å². The standard InChI is InChI=1S/C35H33Br2N3O4/c1-6-43-32-16-24(29(37)18-33(32)44-20-23-11-13-25(36)14-12-23)19-38-40-34(39-30-10-8-7-9-26(30)35(40)41)28-17-27(21(2)3)31(42-5)15-22(28)4/h7-19,21H,6,20H2,1-5H3. The van der Waals surface area contributed by atoms with Crippen LogP contribution in [0.3, 0.4) is 0 Å². The molecular formula is C35H33Br2N3O4. The van der Waals surface area contributed by atoms with Crippen LogP contribution in [-0.2, 0) is 6.61 Å². The minimum absolute atomic E-state index is 0.200. The van der Waals surface area contributed by atoms with Gasteiger partial charge in [0.05, 0.1) is 30.8 Å². The van der Waals surface area contributed by atoms with Crippen molar-refractivity contribution in [2.45, 2.75) is 40.2 Å². The Morgan fingerprint density at radius 1 is 0.955 bits per heavy atom. The summed E-state index contributed by atoms with van der Waals surface area (Å²) < 4.78 is 20.8. The van der Waals surface area contributed by atoms with Crippen molar-refractivity contribution in [3.05, 3.63) is 114 Å². The summed E-state index contributed by atoms with van der Waals surface area (Å²) in [5, 5.41) is 5.19. The fraction of sp³-hybridized carbons (Fsp3) is 0.229.